The number of aryl methyl sites for hydroxylation is 1. The largest absolute Gasteiger partial charge is 0.478 e. The van der Waals surface area contributed by atoms with Crippen molar-refractivity contribution in [3.8, 4) is 5.69 Å². The van der Waals surface area contributed by atoms with Crippen LogP contribution in [0.1, 0.15) is 17.0 Å². The van der Waals surface area contributed by atoms with Gasteiger partial charge in [-0.05, 0) is 47.5 Å². The minimum absolute atomic E-state index is 0.712. The van der Waals surface area contributed by atoms with Gasteiger partial charge in [-0.2, -0.15) is 5.10 Å². The molecule has 0 amide bonds. The molecule has 0 aliphatic heterocycles. The normalized spacial score (nSPS) is 11.1. The van der Waals surface area contributed by atoms with E-state index in [0.29, 0.717) is 5.56 Å². The van der Waals surface area contributed by atoms with Gasteiger partial charge in [0.15, 0.2) is 0 Å². The second kappa shape index (κ2) is 5.36. The molecule has 1 N–H and O–H groups in total. The van der Waals surface area contributed by atoms with E-state index in [0.717, 1.165) is 27.6 Å². The Morgan fingerprint density at radius 2 is 2.16 bits per heavy atom. The SMILES string of the molecule is Cc1nn(-c2cncc(/C=C/C(=O)O)c2)c(C)c1Br. The molecule has 19 heavy (non-hydrogen) atoms. The molecule has 0 atom stereocenters. The van der Waals surface area contributed by atoms with Crippen molar-refractivity contribution in [1.82, 2.24) is 14.8 Å². The van der Waals surface area contributed by atoms with Crippen LogP contribution in [0.2, 0.25) is 0 Å². The molecule has 6 heteroatoms. The van der Waals surface area contributed by atoms with E-state index in [1.165, 1.54) is 6.08 Å². The third-order valence-corrected chi connectivity index (χ3v) is 3.76. The number of aromatic nitrogens is 3. The summed E-state index contributed by atoms with van der Waals surface area (Å²) < 4.78 is 2.73. The second-order valence-corrected chi connectivity index (χ2v) is 4.84. The predicted molar refractivity (Wildman–Crippen MR) is 75.2 cm³/mol. The van der Waals surface area contributed by atoms with Gasteiger partial charge in [0.1, 0.15) is 0 Å². The van der Waals surface area contributed by atoms with Crippen molar-refractivity contribution in [2.24, 2.45) is 0 Å². The van der Waals surface area contributed by atoms with Crippen molar-refractivity contribution in [3.63, 3.8) is 0 Å². The Morgan fingerprint density at radius 3 is 2.74 bits per heavy atom. The van der Waals surface area contributed by atoms with Gasteiger partial charge in [-0.3, -0.25) is 4.98 Å². The van der Waals surface area contributed by atoms with E-state index in [1.54, 1.807) is 17.1 Å². The molecular formula is C13H12BrN3O2. The standard InChI is InChI=1S/C13H12BrN3O2/c1-8-13(14)9(2)17(16-8)11-5-10(6-15-7-11)3-4-12(18)19/h3-7H,1-2H3,(H,18,19)/b4-3+. The van der Waals surface area contributed by atoms with Crippen LogP contribution in [-0.2, 0) is 4.79 Å². The number of aliphatic carboxylic acids is 1. The predicted octanol–water partition coefficient (Wildman–Crippen LogP) is 2.74. The van der Waals surface area contributed by atoms with Gasteiger partial charge in [0.25, 0.3) is 0 Å². The lowest BCUT2D eigenvalue weighted by Gasteiger charge is -2.04. The minimum Gasteiger partial charge on any atom is -0.478 e. The third kappa shape index (κ3) is 2.90. The third-order valence-electron chi connectivity index (χ3n) is 2.61. The lowest BCUT2D eigenvalue weighted by molar-refractivity contribution is -0.131. The lowest BCUT2D eigenvalue weighted by atomic mass is 10.2. The van der Waals surface area contributed by atoms with Crippen molar-refractivity contribution in [2.75, 3.05) is 0 Å². The van der Waals surface area contributed by atoms with Crippen molar-refractivity contribution < 1.29 is 9.90 Å². The molecule has 5 nitrogen and oxygen atoms in total. The molecule has 2 heterocycles. The second-order valence-electron chi connectivity index (χ2n) is 4.04. The highest BCUT2D eigenvalue weighted by atomic mass is 79.9. The van der Waals surface area contributed by atoms with Gasteiger partial charge in [0.05, 0.1) is 27.7 Å². The fourth-order valence-corrected chi connectivity index (χ4v) is 1.94. The Bertz CT molecular complexity index is 662. The van der Waals surface area contributed by atoms with E-state index in [1.807, 2.05) is 19.9 Å². The first-order valence-electron chi connectivity index (χ1n) is 5.57. The molecule has 0 radical (unpaired) electrons. The van der Waals surface area contributed by atoms with Gasteiger partial charge >= 0.3 is 5.97 Å². The number of pyridine rings is 1. The van der Waals surface area contributed by atoms with Gasteiger partial charge in [0.2, 0.25) is 0 Å². The van der Waals surface area contributed by atoms with Gasteiger partial charge in [-0.25, -0.2) is 9.48 Å². The van der Waals surface area contributed by atoms with Crippen LogP contribution in [0.3, 0.4) is 0 Å². The van der Waals surface area contributed by atoms with Crippen molar-refractivity contribution in [3.05, 3.63) is 46.0 Å². The lowest BCUT2D eigenvalue weighted by Crippen LogP contribution is -2.00. The minimum atomic E-state index is -0.987. The smallest absolute Gasteiger partial charge is 0.328 e. The number of carbonyl (C=O) groups is 1. The highest BCUT2D eigenvalue weighted by molar-refractivity contribution is 9.10. The number of hydrogen-bond donors (Lipinski definition) is 1. The molecule has 98 valence electrons. The Hall–Kier alpha value is -1.95. The first-order valence-corrected chi connectivity index (χ1v) is 6.36. The summed E-state index contributed by atoms with van der Waals surface area (Å²) in [6, 6.07) is 1.83. The van der Waals surface area contributed by atoms with Crippen molar-refractivity contribution >= 4 is 28.0 Å². The molecule has 0 bridgehead atoms. The van der Waals surface area contributed by atoms with Crippen LogP contribution in [0.5, 0.6) is 0 Å². The number of rotatable bonds is 3. The molecule has 0 spiro atoms. The van der Waals surface area contributed by atoms with E-state index >= 15 is 0 Å². The van der Waals surface area contributed by atoms with Crippen LogP contribution in [0.4, 0.5) is 0 Å². The van der Waals surface area contributed by atoms with E-state index < -0.39 is 5.97 Å². The summed E-state index contributed by atoms with van der Waals surface area (Å²) >= 11 is 3.47. The van der Waals surface area contributed by atoms with Crippen LogP contribution in [0.25, 0.3) is 11.8 Å². The van der Waals surface area contributed by atoms with Crippen LogP contribution >= 0.6 is 15.9 Å². The zero-order valence-corrected chi connectivity index (χ0v) is 12.0. The van der Waals surface area contributed by atoms with Crippen LogP contribution in [0.15, 0.2) is 29.0 Å². The molecule has 2 rings (SSSR count). The van der Waals surface area contributed by atoms with Crippen LogP contribution in [-0.4, -0.2) is 25.8 Å². The van der Waals surface area contributed by atoms with Gasteiger partial charge in [0, 0.05) is 12.3 Å². The zero-order valence-electron chi connectivity index (χ0n) is 10.5. The average molecular weight is 322 g/mol. The Kier molecular flexibility index (Phi) is 3.80. The van der Waals surface area contributed by atoms with E-state index in [2.05, 4.69) is 26.0 Å². The number of halogens is 1. The first-order chi connectivity index (χ1) is 8.99. The highest BCUT2D eigenvalue weighted by Crippen LogP contribution is 2.23. The molecule has 0 unspecified atom stereocenters. The highest BCUT2D eigenvalue weighted by Gasteiger charge is 2.10. The molecule has 0 fully saturated rings. The number of hydrogen-bond acceptors (Lipinski definition) is 3. The van der Waals surface area contributed by atoms with E-state index in [4.69, 9.17) is 5.11 Å². The summed E-state index contributed by atoms with van der Waals surface area (Å²) in [7, 11) is 0. The Morgan fingerprint density at radius 1 is 1.42 bits per heavy atom. The summed E-state index contributed by atoms with van der Waals surface area (Å²) in [6.45, 7) is 3.86. The summed E-state index contributed by atoms with van der Waals surface area (Å²) in [5.74, 6) is -0.987. The molecular weight excluding hydrogens is 310 g/mol. The Labute approximate surface area is 118 Å². The molecule has 0 saturated heterocycles. The maximum Gasteiger partial charge on any atom is 0.328 e. The number of carboxylic acid groups (broad SMARTS) is 1. The molecule has 0 aliphatic carbocycles. The average Bonchev–Trinajstić information content (AvgIpc) is 2.64. The van der Waals surface area contributed by atoms with Gasteiger partial charge in [-0.1, -0.05) is 0 Å². The van der Waals surface area contributed by atoms with Gasteiger partial charge in [-0.15, -0.1) is 0 Å². The maximum absolute atomic E-state index is 10.5. The summed E-state index contributed by atoms with van der Waals surface area (Å²) in [5, 5.41) is 13.0. The molecule has 0 aliphatic rings. The van der Waals surface area contributed by atoms with Crippen LogP contribution < -0.4 is 0 Å². The fourth-order valence-electron chi connectivity index (χ4n) is 1.69. The maximum atomic E-state index is 10.5. The molecule has 0 saturated carbocycles. The molecule has 2 aromatic rings. The zero-order chi connectivity index (χ0) is 14.0. The summed E-state index contributed by atoms with van der Waals surface area (Å²) in [5.41, 5.74) is 3.37. The monoisotopic (exact) mass is 321 g/mol. The number of carboxylic acids is 1. The first kappa shape index (κ1) is 13.5. The van der Waals surface area contributed by atoms with Crippen LogP contribution in [0, 0.1) is 13.8 Å². The summed E-state index contributed by atoms with van der Waals surface area (Å²) in [4.78, 5) is 14.6. The fraction of sp³-hybridized carbons (Fsp3) is 0.154. The van der Waals surface area contributed by atoms with E-state index in [9.17, 15) is 4.79 Å². The topological polar surface area (TPSA) is 68.0 Å². The number of nitrogens with zero attached hydrogens (tertiary/aromatic N) is 3. The molecule has 2 aromatic heterocycles. The molecule has 0 aromatic carbocycles. The van der Waals surface area contributed by atoms with Gasteiger partial charge < -0.3 is 5.11 Å². The Balaban J connectivity index is 2.43. The van der Waals surface area contributed by atoms with E-state index in [-0.39, 0.29) is 0 Å². The van der Waals surface area contributed by atoms with Crippen molar-refractivity contribution in [1.29, 1.82) is 0 Å². The van der Waals surface area contributed by atoms with Crippen molar-refractivity contribution in [2.45, 2.75) is 13.8 Å². The quantitative estimate of drug-likeness (QED) is 0.882. The summed E-state index contributed by atoms with van der Waals surface area (Å²) in [6.07, 6.45) is 5.87.